The zero-order chi connectivity index (χ0) is 19.7. The third kappa shape index (κ3) is 3.53. The van der Waals surface area contributed by atoms with Gasteiger partial charge in [0, 0.05) is 22.7 Å². The largest absolute Gasteiger partial charge is 0.433 e. The summed E-state index contributed by atoms with van der Waals surface area (Å²) in [7, 11) is 0. The summed E-state index contributed by atoms with van der Waals surface area (Å²) in [6.45, 7) is 1.63. The molecule has 0 fully saturated rings. The molecular weight excluding hydrogens is 379 g/mol. The lowest BCUT2D eigenvalue weighted by atomic mass is 9.91. The van der Waals surface area contributed by atoms with Crippen molar-refractivity contribution in [1.29, 1.82) is 0 Å². The van der Waals surface area contributed by atoms with Crippen LogP contribution in [0.1, 0.15) is 30.6 Å². The van der Waals surface area contributed by atoms with Gasteiger partial charge in [-0.1, -0.05) is 60.7 Å². The van der Waals surface area contributed by atoms with Gasteiger partial charge in [-0.2, -0.15) is 13.2 Å². The zero-order valence-electron chi connectivity index (χ0n) is 14.2. The molecule has 3 nitrogen and oxygen atoms in total. The molecule has 3 rings (SSSR count). The number of rotatable bonds is 1. The Bertz CT molecular complexity index is 918. The van der Waals surface area contributed by atoms with Gasteiger partial charge in [0.2, 0.25) is 0 Å². The second-order valence-corrected chi connectivity index (χ2v) is 6.36. The summed E-state index contributed by atoms with van der Waals surface area (Å²) in [6.07, 6.45) is -6.22. The molecule has 0 aromatic heterocycles. The minimum atomic E-state index is -4.91. The molecule has 2 unspecified atom stereocenters. The summed E-state index contributed by atoms with van der Waals surface area (Å²) in [5.41, 5.74) is -3.08. The van der Waals surface area contributed by atoms with E-state index in [4.69, 9.17) is 16.3 Å². The maximum atomic E-state index is 14.3. The number of fused-ring (bicyclic) bond motifs is 1. The first-order chi connectivity index (χ1) is 12.8. The highest BCUT2D eigenvalue weighted by Gasteiger charge is 2.60. The summed E-state index contributed by atoms with van der Waals surface area (Å²) < 4.78 is 48.4. The first kappa shape index (κ1) is 19.3. The second-order valence-electron chi connectivity index (χ2n) is 5.92. The molecule has 0 saturated carbocycles. The van der Waals surface area contributed by atoms with Gasteiger partial charge < -0.3 is 10.1 Å². The molecule has 27 heavy (non-hydrogen) atoms. The van der Waals surface area contributed by atoms with E-state index in [1.54, 1.807) is 25.1 Å². The first-order valence-electron chi connectivity index (χ1n) is 8.19. The molecule has 2 atom stereocenters. The predicted octanol–water partition coefficient (Wildman–Crippen LogP) is 5.22. The Balaban J connectivity index is 2.29. The standard InChI is InChI=1S/C20H15ClF3NO2/c1-2-3-11-19(20(22,23)24)15-12-14(21)9-10-16(15)25-18(26)17(27-19)13-7-5-4-6-8-13/h4-10,12,17H,2H2,1H3,(H,25,26). The Morgan fingerprint density at radius 3 is 2.56 bits per heavy atom. The van der Waals surface area contributed by atoms with Crippen LogP contribution < -0.4 is 5.32 Å². The van der Waals surface area contributed by atoms with E-state index in [2.05, 4.69) is 17.2 Å². The molecule has 1 heterocycles. The third-order valence-electron chi connectivity index (χ3n) is 4.09. The molecule has 1 amide bonds. The number of carbonyl (C=O) groups excluding carboxylic acids is 1. The highest BCUT2D eigenvalue weighted by Crippen LogP contribution is 2.49. The van der Waals surface area contributed by atoms with Crippen molar-refractivity contribution in [1.82, 2.24) is 0 Å². The van der Waals surface area contributed by atoms with Crippen molar-refractivity contribution < 1.29 is 22.7 Å². The highest BCUT2D eigenvalue weighted by atomic mass is 35.5. The monoisotopic (exact) mass is 393 g/mol. The SMILES string of the molecule is CCC#CC1(C(F)(F)F)OC(c2ccccc2)C(=O)Nc2ccc(Cl)cc21. The first-order valence-corrected chi connectivity index (χ1v) is 8.56. The fourth-order valence-corrected chi connectivity index (χ4v) is 3.03. The van der Waals surface area contributed by atoms with Crippen molar-refractivity contribution in [3.05, 3.63) is 64.7 Å². The van der Waals surface area contributed by atoms with E-state index in [-0.39, 0.29) is 22.7 Å². The van der Waals surface area contributed by atoms with Gasteiger partial charge in [0.15, 0.2) is 6.10 Å². The van der Waals surface area contributed by atoms with Crippen LogP contribution in [0.2, 0.25) is 5.02 Å². The van der Waals surface area contributed by atoms with E-state index in [1.807, 2.05) is 0 Å². The number of hydrogen-bond donors (Lipinski definition) is 1. The van der Waals surface area contributed by atoms with Crippen molar-refractivity contribution in [3.63, 3.8) is 0 Å². The number of halogens is 4. The predicted molar refractivity (Wildman–Crippen MR) is 96.1 cm³/mol. The quantitative estimate of drug-likeness (QED) is 0.674. The molecule has 2 aromatic carbocycles. The van der Waals surface area contributed by atoms with E-state index in [1.165, 1.54) is 24.3 Å². The van der Waals surface area contributed by atoms with Crippen LogP contribution in [0.4, 0.5) is 18.9 Å². The van der Waals surface area contributed by atoms with Crippen molar-refractivity contribution in [2.75, 3.05) is 5.32 Å². The van der Waals surface area contributed by atoms with Gasteiger partial charge >= 0.3 is 6.18 Å². The summed E-state index contributed by atoms with van der Waals surface area (Å²) in [6, 6.07) is 11.8. The van der Waals surface area contributed by atoms with E-state index < -0.39 is 23.8 Å². The molecule has 0 aliphatic carbocycles. The van der Waals surface area contributed by atoms with Crippen molar-refractivity contribution in [3.8, 4) is 11.8 Å². The van der Waals surface area contributed by atoms with Crippen molar-refractivity contribution >= 4 is 23.2 Å². The molecule has 140 valence electrons. The number of ether oxygens (including phenoxy) is 1. The Labute approximate surface area is 159 Å². The van der Waals surface area contributed by atoms with Crippen LogP contribution in [0.3, 0.4) is 0 Å². The minimum Gasteiger partial charge on any atom is -0.332 e. The number of anilines is 1. The van der Waals surface area contributed by atoms with E-state index >= 15 is 0 Å². The normalized spacial score (nSPS) is 22.1. The van der Waals surface area contributed by atoms with Gasteiger partial charge in [-0.3, -0.25) is 4.79 Å². The van der Waals surface area contributed by atoms with E-state index in [9.17, 15) is 18.0 Å². The molecule has 0 saturated heterocycles. The molecule has 0 spiro atoms. The number of carbonyl (C=O) groups is 1. The molecule has 1 aliphatic heterocycles. The lowest BCUT2D eigenvalue weighted by Crippen LogP contribution is -2.44. The lowest BCUT2D eigenvalue weighted by Gasteiger charge is -2.33. The summed E-state index contributed by atoms with van der Waals surface area (Å²) in [5.74, 6) is 3.97. The van der Waals surface area contributed by atoms with Crippen LogP contribution in [-0.2, 0) is 15.1 Å². The smallest absolute Gasteiger partial charge is 0.332 e. The van der Waals surface area contributed by atoms with Gasteiger partial charge in [0.25, 0.3) is 11.5 Å². The van der Waals surface area contributed by atoms with Crippen molar-refractivity contribution in [2.45, 2.75) is 31.2 Å². The summed E-state index contributed by atoms with van der Waals surface area (Å²) >= 11 is 5.95. The van der Waals surface area contributed by atoms with Gasteiger partial charge in [-0.25, -0.2) is 0 Å². The maximum absolute atomic E-state index is 14.3. The average Bonchev–Trinajstić information content (AvgIpc) is 2.75. The molecule has 1 aliphatic rings. The Morgan fingerprint density at radius 1 is 1.22 bits per heavy atom. The Morgan fingerprint density at radius 2 is 1.93 bits per heavy atom. The van der Waals surface area contributed by atoms with Crippen LogP contribution in [0.5, 0.6) is 0 Å². The van der Waals surface area contributed by atoms with Gasteiger partial charge in [-0.15, -0.1) is 0 Å². The number of hydrogen-bond acceptors (Lipinski definition) is 2. The van der Waals surface area contributed by atoms with Crippen LogP contribution in [0.15, 0.2) is 48.5 Å². The van der Waals surface area contributed by atoms with Crippen LogP contribution in [0.25, 0.3) is 0 Å². The lowest BCUT2D eigenvalue weighted by molar-refractivity contribution is -0.269. The van der Waals surface area contributed by atoms with Gasteiger partial charge in [-0.05, 0) is 23.8 Å². The third-order valence-corrected chi connectivity index (χ3v) is 4.33. The second kappa shape index (κ2) is 7.26. The number of nitrogens with one attached hydrogen (secondary N) is 1. The number of benzene rings is 2. The van der Waals surface area contributed by atoms with Crippen LogP contribution in [0, 0.1) is 11.8 Å². The Hall–Kier alpha value is -2.49. The van der Waals surface area contributed by atoms with Crippen LogP contribution >= 0.6 is 11.6 Å². The molecule has 0 radical (unpaired) electrons. The fraction of sp³-hybridized carbons (Fsp3) is 0.250. The Kier molecular flexibility index (Phi) is 5.18. The zero-order valence-corrected chi connectivity index (χ0v) is 15.0. The molecule has 0 bridgehead atoms. The maximum Gasteiger partial charge on any atom is 0.433 e. The van der Waals surface area contributed by atoms with Crippen LogP contribution in [-0.4, -0.2) is 12.1 Å². The van der Waals surface area contributed by atoms with Gasteiger partial charge in [0.05, 0.1) is 0 Å². The topological polar surface area (TPSA) is 38.3 Å². The highest BCUT2D eigenvalue weighted by molar-refractivity contribution is 6.30. The van der Waals surface area contributed by atoms with E-state index in [0.29, 0.717) is 5.56 Å². The van der Waals surface area contributed by atoms with E-state index in [0.717, 1.165) is 6.07 Å². The fourth-order valence-electron chi connectivity index (χ4n) is 2.86. The summed E-state index contributed by atoms with van der Waals surface area (Å²) in [4.78, 5) is 12.7. The summed E-state index contributed by atoms with van der Waals surface area (Å²) in [5, 5.41) is 2.59. The number of alkyl halides is 3. The van der Waals surface area contributed by atoms with Gasteiger partial charge in [0.1, 0.15) is 0 Å². The molecule has 7 heteroatoms. The average molecular weight is 394 g/mol. The molecule has 1 N–H and O–H groups in total. The number of amides is 1. The molecular formula is C20H15ClF3NO2. The minimum absolute atomic E-state index is 0.0365. The molecule has 2 aromatic rings. The van der Waals surface area contributed by atoms with Crippen molar-refractivity contribution in [2.24, 2.45) is 0 Å².